The van der Waals surface area contributed by atoms with Crippen LogP contribution in [0.2, 0.25) is 5.28 Å². The molecule has 3 aromatic heterocycles. The van der Waals surface area contributed by atoms with Gasteiger partial charge in [0, 0.05) is 6.04 Å². The van der Waals surface area contributed by atoms with E-state index in [9.17, 15) is 34.5 Å². The summed E-state index contributed by atoms with van der Waals surface area (Å²) in [5.41, 5.74) is 0.225. The second kappa shape index (κ2) is 10.8. The molecule has 1 aliphatic heterocycles. The van der Waals surface area contributed by atoms with Crippen LogP contribution in [-0.2, 0) is 20.5 Å². The number of anilines is 1. The molecule has 0 aromatic carbocycles. The van der Waals surface area contributed by atoms with Gasteiger partial charge in [0.1, 0.15) is 24.1 Å². The minimum absolute atomic E-state index is 0.0714. The number of ether oxygens (including phenoxy) is 2. The van der Waals surface area contributed by atoms with E-state index in [0.29, 0.717) is 11.2 Å². The van der Waals surface area contributed by atoms with Crippen LogP contribution in [0.1, 0.15) is 37.7 Å². The van der Waals surface area contributed by atoms with Crippen LogP contribution in [-0.4, -0.2) is 97.9 Å². The normalized spacial score (nSPS) is 25.9. The van der Waals surface area contributed by atoms with Gasteiger partial charge in [0.2, 0.25) is 5.28 Å². The fourth-order valence-corrected chi connectivity index (χ4v) is 5.74. The second-order valence-corrected chi connectivity index (χ2v) is 11.8. The third-order valence-electron chi connectivity index (χ3n) is 6.92. The molecular weight excluding hydrogens is 565 g/mol. The van der Waals surface area contributed by atoms with Gasteiger partial charge >= 0.3 is 13.4 Å². The summed E-state index contributed by atoms with van der Waals surface area (Å²) in [6.45, 7) is -1.86. The number of H-pyrrole nitrogens is 1. The van der Waals surface area contributed by atoms with E-state index >= 15 is 0 Å². The van der Waals surface area contributed by atoms with Crippen LogP contribution >= 0.6 is 19.2 Å². The monoisotopic (exact) mass is 591 g/mol. The number of aromatic nitrogens is 6. The Balaban J connectivity index is 1.36. The van der Waals surface area contributed by atoms with Gasteiger partial charge in [-0.25, -0.2) is 9.48 Å². The van der Waals surface area contributed by atoms with Crippen LogP contribution in [0.4, 0.5) is 5.82 Å². The zero-order chi connectivity index (χ0) is 27.9. The van der Waals surface area contributed by atoms with Crippen molar-refractivity contribution in [3.8, 4) is 0 Å². The average Bonchev–Trinajstić information content (AvgIpc) is 3.67. The lowest BCUT2D eigenvalue weighted by Gasteiger charge is -2.32. The Morgan fingerprint density at radius 1 is 1.26 bits per heavy atom. The van der Waals surface area contributed by atoms with Crippen molar-refractivity contribution in [3.05, 3.63) is 27.9 Å². The van der Waals surface area contributed by atoms with Gasteiger partial charge in [0.05, 0.1) is 31.2 Å². The first-order valence-corrected chi connectivity index (χ1v) is 14.0. The van der Waals surface area contributed by atoms with E-state index in [2.05, 4.69) is 35.0 Å². The molecule has 2 aliphatic rings. The molecule has 5 atom stereocenters. The quantitative estimate of drug-likeness (QED) is 0.113. The number of rotatable bonds is 10. The van der Waals surface area contributed by atoms with Crippen molar-refractivity contribution in [1.82, 2.24) is 29.9 Å². The van der Waals surface area contributed by atoms with E-state index in [1.165, 1.54) is 10.9 Å². The highest BCUT2D eigenvalue weighted by Gasteiger charge is 2.52. The molecule has 214 valence electrons. The van der Waals surface area contributed by atoms with Crippen LogP contribution in [0, 0.1) is 0 Å². The minimum Gasteiger partial charge on any atom is -0.393 e. The first-order valence-electron chi connectivity index (χ1n) is 12.1. The Hall–Kier alpha value is -2.47. The van der Waals surface area contributed by atoms with Gasteiger partial charge in [-0.15, -0.1) is 0 Å². The molecule has 0 bridgehead atoms. The molecule has 1 unspecified atom stereocenters. The molecule has 2 fully saturated rings. The Morgan fingerprint density at radius 2 is 2.00 bits per heavy atom. The highest BCUT2D eigenvalue weighted by Crippen LogP contribution is 2.53. The lowest BCUT2D eigenvalue weighted by Crippen LogP contribution is -2.43. The Kier molecular flexibility index (Phi) is 7.80. The number of nitrogens with zero attached hydrogens (tertiary/aromatic N) is 5. The molecule has 5 rings (SSSR count). The predicted octanol–water partition coefficient (Wildman–Crippen LogP) is -0.745. The summed E-state index contributed by atoms with van der Waals surface area (Å²) in [6.07, 6.45) is -0.832. The van der Waals surface area contributed by atoms with E-state index in [1.54, 1.807) is 0 Å². The van der Waals surface area contributed by atoms with Crippen molar-refractivity contribution in [2.75, 3.05) is 18.5 Å². The molecule has 0 amide bonds. The van der Waals surface area contributed by atoms with Gasteiger partial charge in [-0.1, -0.05) is 18.0 Å². The van der Waals surface area contributed by atoms with Gasteiger partial charge in [0.15, 0.2) is 23.0 Å². The smallest absolute Gasteiger partial charge is 0.393 e. The fraction of sp³-hybridized carbons (Fsp3) is 0.650. The highest BCUT2D eigenvalue weighted by molar-refractivity contribution is 7.53. The van der Waals surface area contributed by atoms with Gasteiger partial charge in [0.25, 0.3) is 0 Å². The number of halogens is 1. The predicted molar refractivity (Wildman–Crippen MR) is 131 cm³/mol. The van der Waals surface area contributed by atoms with E-state index < -0.39 is 62.9 Å². The van der Waals surface area contributed by atoms with Crippen molar-refractivity contribution in [2.24, 2.45) is 0 Å². The summed E-state index contributed by atoms with van der Waals surface area (Å²) < 4.78 is 29.1. The molecular formula is C20H27ClN7O10P. The van der Waals surface area contributed by atoms with Crippen LogP contribution < -0.4 is 11.1 Å². The lowest BCUT2D eigenvalue weighted by molar-refractivity contribution is -0.110. The van der Waals surface area contributed by atoms with Crippen molar-refractivity contribution in [1.29, 1.82) is 0 Å². The van der Waals surface area contributed by atoms with E-state index in [1.807, 2.05) is 0 Å². The summed E-state index contributed by atoms with van der Waals surface area (Å²) in [5, 5.41) is 40.1. The zero-order valence-electron chi connectivity index (χ0n) is 20.3. The maximum Gasteiger partial charge on any atom is 0.438 e. The molecule has 7 N–H and O–H groups in total. The summed E-state index contributed by atoms with van der Waals surface area (Å²) in [5.74, 6) is -0.791. The Bertz CT molecular complexity index is 1420. The van der Waals surface area contributed by atoms with E-state index in [-0.39, 0.29) is 22.8 Å². The topological polar surface area (TPSA) is 251 Å². The van der Waals surface area contributed by atoms with Crippen LogP contribution in [0.15, 0.2) is 15.5 Å². The summed E-state index contributed by atoms with van der Waals surface area (Å²) >= 11 is 6.16. The first-order chi connectivity index (χ1) is 18.5. The van der Waals surface area contributed by atoms with Crippen molar-refractivity contribution in [2.45, 2.75) is 68.0 Å². The molecule has 0 spiro atoms. The molecule has 4 heterocycles. The van der Waals surface area contributed by atoms with Gasteiger partial charge in [-0.05, 0) is 24.4 Å². The highest BCUT2D eigenvalue weighted by atomic mass is 35.5. The van der Waals surface area contributed by atoms with Gasteiger partial charge in [-0.2, -0.15) is 15.1 Å². The lowest BCUT2D eigenvalue weighted by atomic mass is 10.1. The fourth-order valence-electron chi connectivity index (χ4n) is 4.79. The SMILES string of the molecule is O=c1[nH]c(CC(CO)(OC[C@H]2O[C@@H](n3ncc4c(NC5CCCC5)nc(Cl)nc43)[C@H](O)[C@@H]2O)P(=O)(O)O)no1. The number of aliphatic hydroxyl groups is 3. The molecule has 19 heteroatoms. The molecule has 1 saturated heterocycles. The van der Waals surface area contributed by atoms with Crippen LogP contribution in [0.5, 0.6) is 0 Å². The van der Waals surface area contributed by atoms with Gasteiger partial charge in [-0.3, -0.25) is 14.1 Å². The van der Waals surface area contributed by atoms with Crippen LogP contribution in [0.3, 0.4) is 0 Å². The Labute approximate surface area is 224 Å². The largest absolute Gasteiger partial charge is 0.438 e. The number of aliphatic hydroxyl groups excluding tert-OH is 3. The number of fused-ring (bicyclic) bond motifs is 1. The Morgan fingerprint density at radius 3 is 2.64 bits per heavy atom. The number of nitrogens with one attached hydrogen (secondary N) is 2. The number of hydrogen-bond donors (Lipinski definition) is 7. The molecule has 39 heavy (non-hydrogen) atoms. The molecule has 17 nitrogen and oxygen atoms in total. The molecule has 1 saturated carbocycles. The zero-order valence-corrected chi connectivity index (χ0v) is 21.9. The number of aromatic amines is 1. The maximum atomic E-state index is 12.3. The van der Waals surface area contributed by atoms with Crippen molar-refractivity contribution in [3.63, 3.8) is 0 Å². The molecule has 0 radical (unpaired) electrons. The minimum atomic E-state index is -5.21. The average molecular weight is 592 g/mol. The summed E-state index contributed by atoms with van der Waals surface area (Å²) in [7, 11) is -5.21. The first kappa shape index (κ1) is 28.1. The van der Waals surface area contributed by atoms with Crippen LogP contribution in [0.25, 0.3) is 11.0 Å². The summed E-state index contributed by atoms with van der Waals surface area (Å²) in [6, 6.07) is 0.218. The number of hydrogen-bond acceptors (Lipinski definition) is 13. The third-order valence-corrected chi connectivity index (χ3v) is 8.58. The van der Waals surface area contributed by atoms with E-state index in [4.69, 9.17) is 21.1 Å². The summed E-state index contributed by atoms with van der Waals surface area (Å²) in [4.78, 5) is 41.7. The van der Waals surface area contributed by atoms with Crippen molar-refractivity contribution < 1.29 is 43.7 Å². The third kappa shape index (κ3) is 5.46. The van der Waals surface area contributed by atoms with E-state index in [0.717, 1.165) is 25.7 Å². The van der Waals surface area contributed by atoms with Gasteiger partial charge < -0.3 is 39.9 Å². The second-order valence-electron chi connectivity index (χ2n) is 9.52. The maximum absolute atomic E-state index is 12.3. The molecule has 1 aliphatic carbocycles. The van der Waals surface area contributed by atoms with Crippen molar-refractivity contribution >= 4 is 36.0 Å². The standard InChI is InChI=1S/C20H27ClN7O10P/c21-18-25-15(23-9-3-1-2-4-9)10-6-22-28(16(10)26-18)17-14(31)13(30)11(37-17)7-36-20(8-29,39(33,34)35)5-12-24-19(32)38-27-12/h6,9,11,13-14,17,29-31H,1-5,7-8H2,(H,23,25,26)(H,24,27,32)(H2,33,34,35)/t11-,13-,14-,17-,20?/m1/s1. The molecule has 3 aromatic rings.